The summed E-state index contributed by atoms with van der Waals surface area (Å²) in [4.78, 5) is 29.2. The average Bonchev–Trinajstić information content (AvgIpc) is 3.17. The Labute approximate surface area is 178 Å². The van der Waals surface area contributed by atoms with E-state index in [0.29, 0.717) is 23.3 Å². The van der Waals surface area contributed by atoms with E-state index in [9.17, 15) is 14.7 Å². The first-order valence-electron chi connectivity index (χ1n) is 10.3. The van der Waals surface area contributed by atoms with E-state index >= 15 is 0 Å². The van der Waals surface area contributed by atoms with Gasteiger partial charge in [0.25, 0.3) is 5.56 Å². The lowest BCUT2D eigenvalue weighted by Gasteiger charge is -2.22. The van der Waals surface area contributed by atoms with Crippen LogP contribution in [0.5, 0.6) is 0 Å². The Kier molecular flexibility index (Phi) is 4.32. The average molecular weight is 417 g/mol. The fourth-order valence-electron chi connectivity index (χ4n) is 4.60. The van der Waals surface area contributed by atoms with E-state index in [-0.39, 0.29) is 17.3 Å². The standard InChI is InChI=1S/C23H23N5O3/c1-12-9-15(14(3)26-18-6-5-13(2)25-20(18)23(30)31)19-16(10-12)22(29)27-7-4-8-28-21(27)17(19)11-24-28/h5-6,9-11,14,26H,4,7-8H2,1-3H3,(H,30,31). The number of nitrogens with zero attached hydrogens (tertiary/aromatic N) is 4. The molecule has 1 aromatic carbocycles. The van der Waals surface area contributed by atoms with E-state index in [2.05, 4.69) is 15.4 Å². The third-order valence-electron chi connectivity index (χ3n) is 5.95. The normalized spacial score (nSPS) is 14.2. The summed E-state index contributed by atoms with van der Waals surface area (Å²) in [6, 6.07) is 7.24. The fourth-order valence-corrected chi connectivity index (χ4v) is 4.60. The van der Waals surface area contributed by atoms with Crippen molar-refractivity contribution in [2.45, 2.75) is 46.3 Å². The summed E-state index contributed by atoms with van der Waals surface area (Å²) in [7, 11) is 0. The summed E-state index contributed by atoms with van der Waals surface area (Å²) in [6.07, 6.45) is 2.71. The van der Waals surface area contributed by atoms with E-state index in [1.807, 2.05) is 41.4 Å². The second kappa shape index (κ2) is 6.94. The second-order valence-electron chi connectivity index (χ2n) is 8.21. The molecule has 1 atom stereocenters. The van der Waals surface area contributed by atoms with Gasteiger partial charge in [-0.05, 0) is 56.5 Å². The van der Waals surface area contributed by atoms with Crippen LogP contribution >= 0.6 is 0 Å². The molecule has 4 aromatic rings. The first-order valence-corrected chi connectivity index (χ1v) is 10.3. The smallest absolute Gasteiger partial charge is 0.356 e. The van der Waals surface area contributed by atoms with Gasteiger partial charge < -0.3 is 10.4 Å². The van der Waals surface area contributed by atoms with Crippen molar-refractivity contribution in [3.8, 4) is 0 Å². The number of pyridine rings is 2. The maximum Gasteiger partial charge on any atom is 0.356 e. The number of nitrogens with one attached hydrogen (secondary N) is 1. The van der Waals surface area contributed by atoms with Crippen molar-refractivity contribution >= 4 is 33.5 Å². The summed E-state index contributed by atoms with van der Waals surface area (Å²) in [6.45, 7) is 7.17. The molecule has 2 N–H and O–H groups in total. The van der Waals surface area contributed by atoms with Gasteiger partial charge in [-0.1, -0.05) is 6.07 Å². The van der Waals surface area contributed by atoms with Crippen molar-refractivity contribution in [3.63, 3.8) is 0 Å². The van der Waals surface area contributed by atoms with Crippen molar-refractivity contribution in [2.75, 3.05) is 5.32 Å². The number of benzene rings is 1. The number of carbonyl (C=O) groups is 1. The highest BCUT2D eigenvalue weighted by atomic mass is 16.4. The molecule has 0 saturated heterocycles. The molecule has 8 nitrogen and oxygen atoms in total. The lowest BCUT2D eigenvalue weighted by atomic mass is 9.95. The predicted octanol–water partition coefficient (Wildman–Crippen LogP) is 3.64. The van der Waals surface area contributed by atoms with Gasteiger partial charge in [0.15, 0.2) is 5.69 Å². The van der Waals surface area contributed by atoms with Crippen LogP contribution in [0.2, 0.25) is 0 Å². The molecule has 3 aromatic heterocycles. The van der Waals surface area contributed by atoms with E-state index in [4.69, 9.17) is 0 Å². The Hall–Kier alpha value is -3.68. The number of fused-ring (bicyclic) bond motifs is 2. The molecule has 8 heteroatoms. The summed E-state index contributed by atoms with van der Waals surface area (Å²) in [5.41, 5.74) is 3.82. The van der Waals surface area contributed by atoms with Gasteiger partial charge in [0, 0.05) is 41.0 Å². The number of aromatic carboxylic acids is 1. The maximum absolute atomic E-state index is 13.3. The van der Waals surface area contributed by atoms with Crippen LogP contribution in [0, 0.1) is 13.8 Å². The van der Waals surface area contributed by atoms with Crippen LogP contribution in [0.3, 0.4) is 0 Å². The van der Waals surface area contributed by atoms with Gasteiger partial charge in [-0.3, -0.25) is 9.36 Å². The van der Waals surface area contributed by atoms with E-state index in [1.54, 1.807) is 19.1 Å². The van der Waals surface area contributed by atoms with Crippen LogP contribution in [-0.4, -0.2) is 30.4 Å². The molecule has 0 radical (unpaired) electrons. The molecule has 4 heterocycles. The molecule has 31 heavy (non-hydrogen) atoms. The first-order chi connectivity index (χ1) is 14.8. The molecular weight excluding hydrogens is 394 g/mol. The lowest BCUT2D eigenvalue weighted by Crippen LogP contribution is -2.27. The summed E-state index contributed by atoms with van der Waals surface area (Å²) in [5.74, 6) is -1.08. The number of hydrogen-bond acceptors (Lipinski definition) is 5. The molecule has 0 spiro atoms. The molecular formula is C23H23N5O3. The highest BCUT2D eigenvalue weighted by Gasteiger charge is 2.23. The third-order valence-corrected chi connectivity index (χ3v) is 5.95. The SMILES string of the molecule is Cc1cc(C(C)Nc2ccc(C)nc2C(=O)O)c2c(c1)c(=O)n1c3c2cnn3CCC1. The van der Waals surface area contributed by atoms with Crippen molar-refractivity contribution in [1.82, 2.24) is 19.3 Å². The van der Waals surface area contributed by atoms with Crippen LogP contribution in [-0.2, 0) is 13.1 Å². The molecule has 1 aliphatic rings. The number of carboxylic acid groups (broad SMARTS) is 1. The monoisotopic (exact) mass is 417 g/mol. The summed E-state index contributed by atoms with van der Waals surface area (Å²) < 4.78 is 3.72. The van der Waals surface area contributed by atoms with Crippen molar-refractivity contribution in [3.05, 3.63) is 63.3 Å². The van der Waals surface area contributed by atoms with Crippen molar-refractivity contribution in [2.24, 2.45) is 0 Å². The number of aryl methyl sites for hydroxylation is 4. The van der Waals surface area contributed by atoms with Crippen LogP contribution in [0.1, 0.15) is 46.7 Å². The van der Waals surface area contributed by atoms with Crippen LogP contribution in [0.4, 0.5) is 5.69 Å². The quantitative estimate of drug-likeness (QED) is 0.526. The highest BCUT2D eigenvalue weighted by Crippen LogP contribution is 2.33. The minimum atomic E-state index is -1.08. The summed E-state index contributed by atoms with van der Waals surface area (Å²) >= 11 is 0. The minimum absolute atomic E-state index is 0.00988. The zero-order chi connectivity index (χ0) is 21.9. The predicted molar refractivity (Wildman–Crippen MR) is 119 cm³/mol. The van der Waals surface area contributed by atoms with Crippen LogP contribution in [0.25, 0.3) is 21.8 Å². The largest absolute Gasteiger partial charge is 0.476 e. The fraction of sp³-hybridized carbons (Fsp3) is 0.304. The Morgan fingerprint density at radius 2 is 2.00 bits per heavy atom. The van der Waals surface area contributed by atoms with Gasteiger partial charge >= 0.3 is 5.97 Å². The molecule has 0 saturated carbocycles. The molecule has 0 amide bonds. The van der Waals surface area contributed by atoms with Gasteiger partial charge in [0.1, 0.15) is 5.65 Å². The molecule has 158 valence electrons. The molecule has 0 bridgehead atoms. The van der Waals surface area contributed by atoms with Gasteiger partial charge in [-0.2, -0.15) is 5.10 Å². The topological polar surface area (TPSA) is 102 Å². The lowest BCUT2D eigenvalue weighted by molar-refractivity contribution is 0.0691. The first kappa shape index (κ1) is 19.3. The van der Waals surface area contributed by atoms with Crippen molar-refractivity contribution < 1.29 is 9.90 Å². The van der Waals surface area contributed by atoms with Crippen molar-refractivity contribution in [1.29, 1.82) is 0 Å². The van der Waals surface area contributed by atoms with Crippen LogP contribution < -0.4 is 10.9 Å². The Morgan fingerprint density at radius 3 is 2.77 bits per heavy atom. The van der Waals surface area contributed by atoms with Gasteiger partial charge in [0.2, 0.25) is 0 Å². The second-order valence-corrected chi connectivity index (χ2v) is 8.21. The number of aromatic nitrogens is 4. The highest BCUT2D eigenvalue weighted by molar-refractivity contribution is 6.07. The molecule has 0 aliphatic carbocycles. The molecule has 0 fully saturated rings. The zero-order valence-corrected chi connectivity index (χ0v) is 17.6. The number of rotatable bonds is 4. The molecule has 5 rings (SSSR count). The number of hydrogen-bond donors (Lipinski definition) is 2. The maximum atomic E-state index is 13.3. The van der Waals surface area contributed by atoms with E-state index < -0.39 is 5.97 Å². The molecule has 1 unspecified atom stereocenters. The zero-order valence-electron chi connectivity index (χ0n) is 17.6. The van der Waals surface area contributed by atoms with E-state index in [0.717, 1.165) is 40.5 Å². The molecule has 1 aliphatic heterocycles. The van der Waals surface area contributed by atoms with E-state index in [1.165, 1.54) is 0 Å². The Bertz CT molecular complexity index is 1430. The Morgan fingerprint density at radius 1 is 1.19 bits per heavy atom. The van der Waals surface area contributed by atoms with Crippen LogP contribution in [0.15, 0.2) is 35.3 Å². The Balaban J connectivity index is 1.73. The van der Waals surface area contributed by atoms with Gasteiger partial charge in [-0.25, -0.2) is 14.5 Å². The third kappa shape index (κ3) is 2.98. The minimum Gasteiger partial charge on any atom is -0.476 e. The summed E-state index contributed by atoms with van der Waals surface area (Å²) in [5, 5.41) is 19.9. The number of carboxylic acids is 1. The number of anilines is 1. The van der Waals surface area contributed by atoms with Gasteiger partial charge in [0.05, 0.1) is 11.9 Å². The van der Waals surface area contributed by atoms with Gasteiger partial charge in [-0.15, -0.1) is 0 Å².